The summed E-state index contributed by atoms with van der Waals surface area (Å²) < 4.78 is 2.50. The van der Waals surface area contributed by atoms with Gasteiger partial charge in [0.1, 0.15) is 0 Å². The molecule has 0 aliphatic carbocycles. The van der Waals surface area contributed by atoms with E-state index in [4.69, 9.17) is 0 Å². The van der Waals surface area contributed by atoms with Gasteiger partial charge in [-0.3, -0.25) is 0 Å². The van der Waals surface area contributed by atoms with Gasteiger partial charge >= 0.3 is 0 Å². The second-order valence-electron chi connectivity index (χ2n) is 18.7. The van der Waals surface area contributed by atoms with Crippen molar-refractivity contribution in [1.29, 1.82) is 0 Å². The third-order valence-electron chi connectivity index (χ3n) is 13.1. The van der Waals surface area contributed by atoms with Gasteiger partial charge in [0.05, 0.1) is 7.57 Å². The molecule has 10 heteroatoms. The Hall–Kier alpha value is -1.44. The van der Waals surface area contributed by atoms with Crippen LogP contribution in [0, 0.1) is 0 Å². The molecule has 0 fully saturated rings. The molecule has 0 aliphatic rings. The minimum Gasteiger partial charge on any atom is -0.139 e. The van der Waals surface area contributed by atoms with E-state index in [1.165, 1.54) is 212 Å². The summed E-state index contributed by atoms with van der Waals surface area (Å²) in [7, 11) is 0. The van der Waals surface area contributed by atoms with E-state index in [2.05, 4.69) is 155 Å². The third kappa shape index (κ3) is 14.9. The molecule has 0 spiro atoms. The topological polar surface area (TPSA) is 0 Å². The third-order valence-corrected chi connectivity index (χ3v) is 24.4. The molecule has 368 valence electrons. The molecule has 0 atom stereocenters. The summed E-state index contributed by atoms with van der Waals surface area (Å²) >= 11 is 23.6. The van der Waals surface area contributed by atoms with Crippen molar-refractivity contribution in [2.24, 2.45) is 0 Å². The first-order chi connectivity index (χ1) is 33.8. The lowest BCUT2D eigenvalue weighted by Gasteiger charge is -2.02. The first-order valence-electron chi connectivity index (χ1n) is 26.0. The summed E-state index contributed by atoms with van der Waals surface area (Å²) in [4.78, 5) is 20.4. The average molecular weight is 1200 g/mol. The summed E-state index contributed by atoms with van der Waals surface area (Å²) in [6, 6.07) is 29.0. The number of thiophene rings is 8. The van der Waals surface area contributed by atoms with Crippen LogP contribution >= 0.6 is 123 Å². The smallest absolute Gasteiger partial charge is 0.0708 e. The van der Waals surface area contributed by atoms with E-state index in [1.807, 2.05) is 68.0 Å². The van der Waals surface area contributed by atoms with Gasteiger partial charge in [0.25, 0.3) is 0 Å². The second kappa shape index (κ2) is 27.7. The number of hydrogen-bond acceptors (Lipinski definition) is 8. The molecule has 0 amide bonds. The van der Waals surface area contributed by atoms with E-state index in [-0.39, 0.29) is 0 Å². The second-order valence-corrected chi connectivity index (χ2v) is 30.2. The van der Waals surface area contributed by atoms with Gasteiger partial charge in [0.15, 0.2) is 0 Å². The summed E-state index contributed by atoms with van der Waals surface area (Å²) in [6.45, 7) is 9.24. The standard InChI is InChI=1S/C59H70Br2S8/c1-5-9-13-17-22-40-36-44(62-56(40)50-32-28-46(64-50)48-30-34-52(66-48)58-42(38-54(60)68-58)24-19-15-11-7-3)26-21-27-45-37-41(23-18-14-10-6-2)57(63-45)51-33-29-47(65-51)49-31-35-53(67-49)59-43(39-55(61)69-59)25-20-16-12-8-4/h28-39H,5-27H2,1-4H3. The Kier molecular flexibility index (Phi) is 21.6. The van der Waals surface area contributed by atoms with Crippen molar-refractivity contribution in [2.75, 3.05) is 0 Å². The van der Waals surface area contributed by atoms with Crippen LogP contribution in [0.2, 0.25) is 0 Å². The predicted molar refractivity (Wildman–Crippen MR) is 327 cm³/mol. The van der Waals surface area contributed by atoms with E-state index >= 15 is 0 Å². The van der Waals surface area contributed by atoms with Gasteiger partial charge in [-0.2, -0.15) is 0 Å². The van der Waals surface area contributed by atoms with E-state index in [0.717, 1.165) is 12.8 Å². The molecule has 0 bridgehead atoms. The van der Waals surface area contributed by atoms with Gasteiger partial charge < -0.3 is 0 Å². The van der Waals surface area contributed by atoms with E-state index in [0.29, 0.717) is 0 Å². The van der Waals surface area contributed by atoms with Crippen molar-refractivity contribution in [3.8, 4) is 58.5 Å². The Bertz CT molecular complexity index is 2580. The summed E-state index contributed by atoms with van der Waals surface area (Å²) in [5.74, 6) is 0. The Morgan fingerprint density at radius 3 is 0.855 bits per heavy atom. The maximum atomic E-state index is 3.82. The fourth-order valence-corrected chi connectivity index (χ4v) is 20.0. The highest BCUT2D eigenvalue weighted by molar-refractivity contribution is 9.11. The van der Waals surface area contributed by atoms with Crippen molar-refractivity contribution >= 4 is 123 Å². The van der Waals surface area contributed by atoms with Crippen LogP contribution in [0.25, 0.3) is 58.5 Å². The molecule has 0 N–H and O–H groups in total. The van der Waals surface area contributed by atoms with Gasteiger partial charge in [0, 0.05) is 68.3 Å². The van der Waals surface area contributed by atoms with E-state index in [9.17, 15) is 0 Å². The summed E-state index contributed by atoms with van der Waals surface area (Å²) in [6.07, 6.45) is 29.1. The maximum absolute atomic E-state index is 3.82. The molecule has 0 aromatic carbocycles. The minimum absolute atomic E-state index is 1.15. The van der Waals surface area contributed by atoms with Gasteiger partial charge in [-0.25, -0.2) is 0 Å². The number of halogens is 2. The monoisotopic (exact) mass is 1190 g/mol. The van der Waals surface area contributed by atoms with Gasteiger partial charge in [-0.1, -0.05) is 105 Å². The van der Waals surface area contributed by atoms with E-state index in [1.54, 1.807) is 20.9 Å². The van der Waals surface area contributed by atoms with Crippen LogP contribution in [0.5, 0.6) is 0 Å². The highest BCUT2D eigenvalue weighted by Gasteiger charge is 2.20. The van der Waals surface area contributed by atoms with Crippen molar-refractivity contribution in [3.05, 3.63) is 112 Å². The Labute approximate surface area is 464 Å². The minimum atomic E-state index is 1.15. The van der Waals surface area contributed by atoms with Gasteiger partial charge in [0.2, 0.25) is 0 Å². The van der Waals surface area contributed by atoms with Crippen LogP contribution in [-0.4, -0.2) is 0 Å². The quantitative estimate of drug-likeness (QED) is 0.0394. The molecular formula is C59H70Br2S8. The fraction of sp³-hybridized carbons (Fsp3) is 0.458. The van der Waals surface area contributed by atoms with E-state index < -0.39 is 0 Å². The maximum Gasteiger partial charge on any atom is 0.0708 e. The molecule has 0 saturated carbocycles. The van der Waals surface area contributed by atoms with Crippen LogP contribution < -0.4 is 0 Å². The molecule has 0 aliphatic heterocycles. The normalized spacial score (nSPS) is 11.8. The first kappa shape index (κ1) is 53.8. The molecule has 8 aromatic heterocycles. The molecule has 0 saturated heterocycles. The highest BCUT2D eigenvalue weighted by atomic mass is 79.9. The largest absolute Gasteiger partial charge is 0.139 e. The lowest BCUT2D eigenvalue weighted by molar-refractivity contribution is 0.667. The van der Waals surface area contributed by atoms with Gasteiger partial charge in [-0.15, -0.1) is 90.7 Å². The number of unbranched alkanes of at least 4 members (excludes halogenated alkanes) is 12. The van der Waals surface area contributed by atoms with Crippen LogP contribution in [0.15, 0.2) is 80.4 Å². The number of hydrogen-bond donors (Lipinski definition) is 0. The van der Waals surface area contributed by atoms with Crippen LogP contribution in [0.1, 0.15) is 169 Å². The van der Waals surface area contributed by atoms with Crippen LogP contribution in [0.3, 0.4) is 0 Å². The highest BCUT2D eigenvalue weighted by Crippen LogP contribution is 2.48. The Balaban J connectivity index is 0.954. The molecular weight excluding hydrogens is 1120 g/mol. The zero-order valence-electron chi connectivity index (χ0n) is 41.2. The lowest BCUT2D eigenvalue weighted by atomic mass is 10.0. The molecule has 69 heavy (non-hydrogen) atoms. The van der Waals surface area contributed by atoms with Crippen molar-refractivity contribution in [1.82, 2.24) is 0 Å². The predicted octanol–water partition coefficient (Wildman–Crippen LogP) is 24.4. The van der Waals surface area contributed by atoms with Crippen molar-refractivity contribution in [3.63, 3.8) is 0 Å². The molecule has 8 rings (SSSR count). The average Bonchev–Trinajstić information content (AvgIpc) is 4.20. The van der Waals surface area contributed by atoms with Crippen molar-refractivity contribution in [2.45, 2.75) is 175 Å². The molecule has 0 radical (unpaired) electrons. The SMILES string of the molecule is CCCCCCc1cc(Br)sc1-c1ccc(-c2ccc(-c3sc(CCCc4cc(CCCCCC)c(-c5ccc(-c6ccc(-c7sc(Br)cc7CCCCCC)s6)s5)s4)cc3CCCCCC)s2)s1. The van der Waals surface area contributed by atoms with Crippen LogP contribution in [-0.2, 0) is 38.5 Å². The fourth-order valence-electron chi connectivity index (χ4n) is 9.36. The number of rotatable bonds is 30. The molecule has 8 aromatic rings. The zero-order chi connectivity index (χ0) is 48.0. The molecule has 8 heterocycles. The molecule has 0 unspecified atom stereocenters. The first-order valence-corrected chi connectivity index (χ1v) is 34.2. The number of aryl methyl sites for hydroxylation is 6. The lowest BCUT2D eigenvalue weighted by Crippen LogP contribution is -1.87. The van der Waals surface area contributed by atoms with Crippen LogP contribution in [0.4, 0.5) is 0 Å². The Morgan fingerprint density at radius 1 is 0.275 bits per heavy atom. The molecule has 0 nitrogen and oxygen atoms in total. The van der Waals surface area contributed by atoms with Crippen molar-refractivity contribution < 1.29 is 0 Å². The zero-order valence-corrected chi connectivity index (χ0v) is 50.9. The Morgan fingerprint density at radius 2 is 0.551 bits per heavy atom. The summed E-state index contributed by atoms with van der Waals surface area (Å²) in [5, 5.41) is 0. The summed E-state index contributed by atoms with van der Waals surface area (Å²) in [5.41, 5.74) is 6.17. The van der Waals surface area contributed by atoms with Gasteiger partial charge in [-0.05, 0) is 198 Å².